The first-order valence-corrected chi connectivity index (χ1v) is 9.05. The van der Waals surface area contributed by atoms with E-state index in [1.807, 2.05) is 61.5 Å². The number of hydrogen-bond donors (Lipinski definition) is 1. The molecule has 5 heteroatoms. The fourth-order valence-corrected chi connectivity index (χ4v) is 3.39. The molecule has 1 atom stereocenters. The summed E-state index contributed by atoms with van der Waals surface area (Å²) in [4.78, 5) is 25.4. The number of fused-ring (bicyclic) bond motifs is 1. The summed E-state index contributed by atoms with van der Waals surface area (Å²) >= 11 is 0. The van der Waals surface area contributed by atoms with Gasteiger partial charge in [-0.1, -0.05) is 56.3 Å². The van der Waals surface area contributed by atoms with E-state index in [1.54, 1.807) is 9.13 Å². The van der Waals surface area contributed by atoms with E-state index in [0.29, 0.717) is 6.54 Å². The van der Waals surface area contributed by atoms with E-state index >= 15 is 0 Å². The van der Waals surface area contributed by atoms with Crippen LogP contribution in [0.25, 0.3) is 11.0 Å². The van der Waals surface area contributed by atoms with E-state index in [9.17, 15) is 9.59 Å². The van der Waals surface area contributed by atoms with Gasteiger partial charge in [-0.2, -0.15) is 0 Å². The molecule has 26 heavy (non-hydrogen) atoms. The Morgan fingerprint density at radius 2 is 1.54 bits per heavy atom. The minimum absolute atomic E-state index is 0.0163. The highest BCUT2D eigenvalue weighted by Gasteiger charge is 2.20. The van der Waals surface area contributed by atoms with E-state index in [2.05, 4.69) is 19.2 Å². The smallest absolute Gasteiger partial charge is 0.329 e. The largest absolute Gasteiger partial charge is 0.347 e. The van der Waals surface area contributed by atoms with Gasteiger partial charge in [0.05, 0.1) is 17.1 Å². The molecule has 0 saturated heterocycles. The fraction of sp³-hybridized carbons (Fsp3) is 0.333. The van der Waals surface area contributed by atoms with Crippen molar-refractivity contribution < 1.29 is 4.79 Å². The monoisotopic (exact) mass is 351 g/mol. The lowest BCUT2D eigenvalue weighted by atomic mass is 9.96. The van der Waals surface area contributed by atoms with Gasteiger partial charge in [0.1, 0.15) is 6.54 Å². The molecule has 3 aromatic rings. The van der Waals surface area contributed by atoms with E-state index < -0.39 is 0 Å². The molecular formula is C21H25N3O2. The van der Waals surface area contributed by atoms with Gasteiger partial charge < -0.3 is 5.32 Å². The normalized spacial score (nSPS) is 12.5. The maximum absolute atomic E-state index is 12.7. The third-order valence-corrected chi connectivity index (χ3v) is 4.68. The number of carbonyl (C=O) groups excluding carboxylic acids is 1. The van der Waals surface area contributed by atoms with E-state index in [1.165, 1.54) is 0 Å². The number of nitrogens with one attached hydrogen (secondary N) is 1. The minimum Gasteiger partial charge on any atom is -0.347 e. The van der Waals surface area contributed by atoms with E-state index in [-0.39, 0.29) is 30.1 Å². The van der Waals surface area contributed by atoms with E-state index in [4.69, 9.17) is 0 Å². The van der Waals surface area contributed by atoms with Crippen molar-refractivity contribution in [3.05, 3.63) is 70.6 Å². The molecule has 0 aliphatic rings. The molecule has 0 spiro atoms. The quantitative estimate of drug-likeness (QED) is 0.740. The SMILES string of the molecule is CCn1c(=O)n(CC(=O)N[C@H](c2ccccc2)C(C)C)c2ccccc21. The molecule has 0 unspecified atom stereocenters. The maximum Gasteiger partial charge on any atom is 0.329 e. The van der Waals surface area contributed by atoms with Crippen LogP contribution in [0.3, 0.4) is 0 Å². The third-order valence-electron chi connectivity index (χ3n) is 4.68. The predicted molar refractivity (Wildman–Crippen MR) is 104 cm³/mol. The van der Waals surface area contributed by atoms with Gasteiger partial charge in [-0.25, -0.2) is 4.79 Å². The van der Waals surface area contributed by atoms with Gasteiger partial charge in [-0.3, -0.25) is 13.9 Å². The first kappa shape index (κ1) is 18.0. The molecule has 0 aliphatic heterocycles. The number of benzene rings is 2. The number of rotatable bonds is 6. The topological polar surface area (TPSA) is 56.0 Å². The molecule has 1 amide bonds. The number of imidazole rings is 1. The Balaban J connectivity index is 1.87. The molecule has 3 rings (SSSR count). The number of amides is 1. The second-order valence-electron chi connectivity index (χ2n) is 6.80. The zero-order valence-electron chi connectivity index (χ0n) is 15.5. The second kappa shape index (κ2) is 7.60. The van der Waals surface area contributed by atoms with Crippen molar-refractivity contribution in [3.63, 3.8) is 0 Å². The highest BCUT2D eigenvalue weighted by atomic mass is 16.2. The van der Waals surface area contributed by atoms with Crippen molar-refractivity contribution >= 4 is 16.9 Å². The molecule has 0 saturated carbocycles. The summed E-state index contributed by atoms with van der Waals surface area (Å²) in [6.07, 6.45) is 0. The molecule has 5 nitrogen and oxygen atoms in total. The van der Waals surface area contributed by atoms with Crippen LogP contribution in [0.4, 0.5) is 0 Å². The van der Waals surface area contributed by atoms with Crippen molar-refractivity contribution in [2.75, 3.05) is 0 Å². The fourth-order valence-electron chi connectivity index (χ4n) is 3.39. The van der Waals surface area contributed by atoms with Gasteiger partial charge in [-0.15, -0.1) is 0 Å². The molecule has 1 heterocycles. The molecule has 2 aromatic carbocycles. The average molecular weight is 351 g/mol. The molecule has 1 N–H and O–H groups in total. The second-order valence-corrected chi connectivity index (χ2v) is 6.80. The van der Waals surface area contributed by atoms with Crippen LogP contribution in [0.2, 0.25) is 0 Å². The first-order chi connectivity index (χ1) is 12.5. The van der Waals surface area contributed by atoms with Gasteiger partial charge in [0.15, 0.2) is 0 Å². The van der Waals surface area contributed by atoms with Crippen molar-refractivity contribution in [2.45, 2.75) is 39.9 Å². The van der Waals surface area contributed by atoms with Crippen LogP contribution in [-0.4, -0.2) is 15.0 Å². The number of carbonyl (C=O) groups is 1. The molecule has 0 radical (unpaired) electrons. The zero-order valence-corrected chi connectivity index (χ0v) is 15.5. The van der Waals surface area contributed by atoms with Gasteiger partial charge in [0.2, 0.25) is 5.91 Å². The van der Waals surface area contributed by atoms with Gasteiger partial charge in [-0.05, 0) is 30.5 Å². The van der Waals surface area contributed by atoms with E-state index in [0.717, 1.165) is 16.6 Å². The molecule has 1 aromatic heterocycles. The number of aromatic nitrogens is 2. The summed E-state index contributed by atoms with van der Waals surface area (Å²) < 4.78 is 3.25. The third kappa shape index (κ3) is 3.43. The molecule has 136 valence electrons. The average Bonchev–Trinajstić information content (AvgIpc) is 2.91. The van der Waals surface area contributed by atoms with Crippen molar-refractivity contribution in [2.24, 2.45) is 5.92 Å². The molecular weight excluding hydrogens is 326 g/mol. The Bertz CT molecular complexity index is 954. The van der Waals surface area contributed by atoms with Crippen LogP contribution in [0.15, 0.2) is 59.4 Å². The predicted octanol–water partition coefficient (Wildman–Crippen LogP) is 3.34. The lowest BCUT2D eigenvalue weighted by Crippen LogP contribution is -2.36. The highest BCUT2D eigenvalue weighted by molar-refractivity contribution is 5.81. The van der Waals surface area contributed by atoms with Crippen molar-refractivity contribution in [1.82, 2.24) is 14.5 Å². The van der Waals surface area contributed by atoms with Crippen LogP contribution in [0.1, 0.15) is 32.4 Å². The first-order valence-electron chi connectivity index (χ1n) is 9.05. The Morgan fingerprint density at radius 3 is 2.12 bits per heavy atom. The standard InChI is InChI=1S/C21H25N3O2/c1-4-23-17-12-8-9-13-18(17)24(21(23)26)14-19(25)22-20(15(2)3)16-10-6-5-7-11-16/h5-13,15,20H,4,14H2,1-3H3,(H,22,25)/t20-/m0/s1. The number of aryl methyl sites for hydroxylation is 1. The summed E-state index contributed by atoms with van der Waals surface area (Å²) in [7, 11) is 0. The van der Waals surface area contributed by atoms with Crippen LogP contribution in [0.5, 0.6) is 0 Å². The Morgan fingerprint density at radius 1 is 0.962 bits per heavy atom. The van der Waals surface area contributed by atoms with Crippen LogP contribution < -0.4 is 11.0 Å². The Hall–Kier alpha value is -2.82. The number of nitrogens with zero attached hydrogens (tertiary/aromatic N) is 2. The molecule has 0 bridgehead atoms. The Kier molecular flexibility index (Phi) is 5.26. The van der Waals surface area contributed by atoms with Crippen molar-refractivity contribution in [1.29, 1.82) is 0 Å². The zero-order chi connectivity index (χ0) is 18.7. The van der Waals surface area contributed by atoms with Gasteiger partial charge in [0.25, 0.3) is 0 Å². The lowest BCUT2D eigenvalue weighted by molar-refractivity contribution is -0.122. The summed E-state index contributed by atoms with van der Waals surface area (Å²) in [5.41, 5.74) is 2.57. The summed E-state index contributed by atoms with van der Waals surface area (Å²) in [6.45, 7) is 6.68. The summed E-state index contributed by atoms with van der Waals surface area (Å²) in [5.74, 6) is 0.0868. The summed E-state index contributed by atoms with van der Waals surface area (Å²) in [5, 5.41) is 3.09. The summed E-state index contributed by atoms with van der Waals surface area (Å²) in [6, 6.07) is 17.4. The highest BCUT2D eigenvalue weighted by Crippen LogP contribution is 2.21. The van der Waals surface area contributed by atoms with Crippen LogP contribution in [0, 0.1) is 5.92 Å². The van der Waals surface area contributed by atoms with Crippen molar-refractivity contribution in [3.8, 4) is 0 Å². The number of para-hydroxylation sites is 2. The van der Waals surface area contributed by atoms with Gasteiger partial charge in [0, 0.05) is 6.54 Å². The van der Waals surface area contributed by atoms with Crippen LogP contribution in [-0.2, 0) is 17.9 Å². The minimum atomic E-state index is -0.159. The molecule has 0 fully saturated rings. The molecule has 0 aliphatic carbocycles. The Labute approximate surface area is 153 Å². The maximum atomic E-state index is 12.7. The number of hydrogen-bond acceptors (Lipinski definition) is 2. The van der Waals surface area contributed by atoms with Crippen LogP contribution >= 0.6 is 0 Å². The lowest BCUT2D eigenvalue weighted by Gasteiger charge is -2.23. The van der Waals surface area contributed by atoms with Gasteiger partial charge >= 0.3 is 5.69 Å².